The van der Waals surface area contributed by atoms with Gasteiger partial charge in [0.15, 0.2) is 0 Å². The predicted molar refractivity (Wildman–Crippen MR) is 110 cm³/mol. The van der Waals surface area contributed by atoms with Crippen LogP contribution in [0, 0.1) is 18.7 Å². The second-order valence-electron chi connectivity index (χ2n) is 8.36. The normalized spacial score (nSPS) is 23.1. The minimum atomic E-state index is -0.307. The van der Waals surface area contributed by atoms with Gasteiger partial charge in [-0.25, -0.2) is 4.39 Å². The molecule has 2 atom stereocenters. The van der Waals surface area contributed by atoms with Crippen LogP contribution in [0.2, 0.25) is 0 Å². The van der Waals surface area contributed by atoms with Crippen LogP contribution in [-0.2, 0) is 0 Å². The highest BCUT2D eigenvalue weighted by Gasteiger charge is 2.37. The van der Waals surface area contributed by atoms with Crippen molar-refractivity contribution in [2.24, 2.45) is 5.92 Å². The van der Waals surface area contributed by atoms with Crippen LogP contribution in [0.3, 0.4) is 0 Å². The van der Waals surface area contributed by atoms with Crippen molar-refractivity contribution in [1.82, 2.24) is 9.80 Å². The Morgan fingerprint density at radius 1 is 0.964 bits per heavy atom. The summed E-state index contributed by atoms with van der Waals surface area (Å²) in [7, 11) is 0. The molecule has 0 unspecified atom stereocenters. The number of halogens is 1. The number of likely N-dealkylation sites (tertiary alicyclic amines) is 2. The maximum atomic E-state index is 13.2. The van der Waals surface area contributed by atoms with Gasteiger partial charge in [-0.15, -0.1) is 0 Å². The van der Waals surface area contributed by atoms with E-state index in [-0.39, 0.29) is 11.7 Å². The fourth-order valence-electron chi connectivity index (χ4n) is 4.66. The molecule has 2 heterocycles. The molecule has 4 heteroatoms. The van der Waals surface area contributed by atoms with E-state index in [2.05, 4.69) is 36.1 Å². The third kappa shape index (κ3) is 4.27. The van der Waals surface area contributed by atoms with E-state index in [9.17, 15) is 9.18 Å². The van der Waals surface area contributed by atoms with Crippen molar-refractivity contribution in [2.75, 3.05) is 32.7 Å². The molecule has 0 spiro atoms. The molecule has 0 aliphatic carbocycles. The Balaban J connectivity index is 1.54. The first-order valence-electron chi connectivity index (χ1n) is 10.4. The predicted octanol–water partition coefficient (Wildman–Crippen LogP) is 4.48. The average molecular weight is 381 g/mol. The maximum absolute atomic E-state index is 13.2. The van der Waals surface area contributed by atoms with Crippen LogP contribution in [0.25, 0.3) is 0 Å². The lowest BCUT2D eigenvalue weighted by Gasteiger charge is -2.31. The number of hydrogen-bond donors (Lipinski definition) is 0. The quantitative estimate of drug-likeness (QED) is 0.781. The van der Waals surface area contributed by atoms with E-state index in [4.69, 9.17) is 0 Å². The Kier molecular flexibility index (Phi) is 5.77. The van der Waals surface area contributed by atoms with Crippen LogP contribution in [0.4, 0.5) is 4.39 Å². The molecule has 4 rings (SSSR count). The second-order valence-corrected chi connectivity index (χ2v) is 8.36. The molecule has 148 valence electrons. The van der Waals surface area contributed by atoms with Gasteiger partial charge < -0.3 is 9.80 Å². The van der Waals surface area contributed by atoms with Crippen LogP contribution in [-0.4, -0.2) is 48.4 Å². The van der Waals surface area contributed by atoms with Crippen LogP contribution in [0.1, 0.15) is 46.7 Å². The van der Waals surface area contributed by atoms with Gasteiger partial charge in [-0.05, 0) is 68.6 Å². The van der Waals surface area contributed by atoms with E-state index in [0.717, 1.165) is 19.6 Å². The summed E-state index contributed by atoms with van der Waals surface area (Å²) in [6, 6.07) is 14.7. The summed E-state index contributed by atoms with van der Waals surface area (Å²) in [5, 5.41) is 0. The zero-order valence-electron chi connectivity index (χ0n) is 16.6. The van der Waals surface area contributed by atoms with Gasteiger partial charge in [0.1, 0.15) is 5.82 Å². The Bertz CT molecular complexity index is 796. The van der Waals surface area contributed by atoms with Gasteiger partial charge in [-0.1, -0.05) is 36.2 Å². The number of piperidine rings is 1. The van der Waals surface area contributed by atoms with E-state index >= 15 is 0 Å². The molecule has 28 heavy (non-hydrogen) atoms. The topological polar surface area (TPSA) is 23.6 Å². The number of carbonyl (C=O) groups excluding carboxylic acids is 1. The highest BCUT2D eigenvalue weighted by atomic mass is 19.1. The van der Waals surface area contributed by atoms with Gasteiger partial charge in [0, 0.05) is 31.1 Å². The lowest BCUT2D eigenvalue weighted by atomic mass is 9.88. The molecule has 0 N–H and O–H groups in total. The third-order valence-corrected chi connectivity index (χ3v) is 6.27. The smallest absolute Gasteiger partial charge is 0.253 e. The van der Waals surface area contributed by atoms with Gasteiger partial charge in [0.25, 0.3) is 5.91 Å². The molecule has 2 fully saturated rings. The van der Waals surface area contributed by atoms with Gasteiger partial charge in [0.2, 0.25) is 0 Å². The highest BCUT2D eigenvalue weighted by Crippen LogP contribution is 2.34. The number of aryl methyl sites for hydroxylation is 1. The summed E-state index contributed by atoms with van der Waals surface area (Å²) in [6.07, 6.45) is 3.89. The van der Waals surface area contributed by atoms with E-state index in [1.807, 2.05) is 4.90 Å². The van der Waals surface area contributed by atoms with Gasteiger partial charge in [-0.3, -0.25) is 4.79 Å². The molecule has 1 amide bonds. The summed E-state index contributed by atoms with van der Waals surface area (Å²) >= 11 is 0. The van der Waals surface area contributed by atoms with E-state index < -0.39 is 0 Å². The molecule has 0 bridgehead atoms. The Hall–Kier alpha value is -2.20. The van der Waals surface area contributed by atoms with Crippen LogP contribution >= 0.6 is 0 Å². The number of rotatable bonds is 4. The number of carbonyl (C=O) groups is 1. The maximum Gasteiger partial charge on any atom is 0.253 e. The van der Waals surface area contributed by atoms with Crippen molar-refractivity contribution >= 4 is 5.91 Å². The van der Waals surface area contributed by atoms with Crippen molar-refractivity contribution < 1.29 is 9.18 Å². The molecule has 0 aromatic heterocycles. The summed E-state index contributed by atoms with van der Waals surface area (Å²) < 4.78 is 13.2. The molecule has 2 aliphatic rings. The number of nitrogens with zero attached hydrogens (tertiary/aromatic N) is 2. The Morgan fingerprint density at radius 3 is 2.32 bits per heavy atom. The van der Waals surface area contributed by atoms with E-state index in [1.54, 1.807) is 12.1 Å². The van der Waals surface area contributed by atoms with Crippen LogP contribution in [0.15, 0.2) is 48.5 Å². The van der Waals surface area contributed by atoms with Crippen molar-refractivity contribution in [1.29, 1.82) is 0 Å². The fraction of sp³-hybridized carbons (Fsp3) is 0.458. The first-order chi connectivity index (χ1) is 13.6. The lowest BCUT2D eigenvalue weighted by Crippen LogP contribution is -2.36. The van der Waals surface area contributed by atoms with Crippen molar-refractivity contribution in [3.05, 3.63) is 71.0 Å². The molecule has 2 aromatic carbocycles. The van der Waals surface area contributed by atoms with Crippen LogP contribution in [0.5, 0.6) is 0 Å². The Labute approximate surface area is 167 Å². The Morgan fingerprint density at radius 2 is 1.64 bits per heavy atom. The minimum Gasteiger partial charge on any atom is -0.338 e. The molecule has 3 nitrogen and oxygen atoms in total. The molecule has 0 saturated carbocycles. The van der Waals surface area contributed by atoms with Gasteiger partial charge in [0.05, 0.1) is 0 Å². The summed E-state index contributed by atoms with van der Waals surface area (Å²) in [6.45, 7) is 6.99. The zero-order valence-corrected chi connectivity index (χ0v) is 16.6. The third-order valence-electron chi connectivity index (χ3n) is 6.27. The van der Waals surface area contributed by atoms with Crippen molar-refractivity contribution in [2.45, 2.75) is 32.1 Å². The summed E-state index contributed by atoms with van der Waals surface area (Å²) in [4.78, 5) is 17.6. The van der Waals surface area contributed by atoms with Crippen molar-refractivity contribution in [3.8, 4) is 0 Å². The molecule has 2 aromatic rings. The molecule has 2 saturated heterocycles. The molecular weight excluding hydrogens is 351 g/mol. The first-order valence-corrected chi connectivity index (χ1v) is 10.4. The SMILES string of the molecule is Cc1ccc([C@@H]2CN(C(=O)c3ccc(F)cc3)C[C@H]2CN2CCCCC2)cc1. The van der Waals surface area contributed by atoms with Crippen molar-refractivity contribution in [3.63, 3.8) is 0 Å². The van der Waals surface area contributed by atoms with Gasteiger partial charge >= 0.3 is 0 Å². The standard InChI is InChI=1S/C24H29FN2O/c1-18-5-7-19(8-6-18)23-17-27(24(28)20-9-11-22(25)12-10-20)16-21(23)15-26-13-3-2-4-14-26/h5-12,21,23H,2-4,13-17H2,1H3/t21-,23+/m1/s1. The minimum absolute atomic E-state index is 0.0123. The summed E-state index contributed by atoms with van der Waals surface area (Å²) in [5.41, 5.74) is 3.15. The number of amides is 1. The van der Waals surface area contributed by atoms with E-state index in [0.29, 0.717) is 17.4 Å². The first kappa shape index (κ1) is 19.1. The van der Waals surface area contributed by atoms with Crippen LogP contribution < -0.4 is 0 Å². The largest absolute Gasteiger partial charge is 0.338 e. The molecule has 0 radical (unpaired) electrons. The van der Waals surface area contributed by atoms with Gasteiger partial charge in [-0.2, -0.15) is 0 Å². The monoisotopic (exact) mass is 380 g/mol. The fourth-order valence-corrected chi connectivity index (χ4v) is 4.66. The molecule has 2 aliphatic heterocycles. The highest BCUT2D eigenvalue weighted by molar-refractivity contribution is 5.94. The molecular formula is C24H29FN2O. The lowest BCUT2D eigenvalue weighted by molar-refractivity contribution is 0.0781. The summed E-state index contributed by atoms with van der Waals surface area (Å²) in [5.74, 6) is 0.494. The average Bonchev–Trinajstić information content (AvgIpc) is 3.13. The van der Waals surface area contributed by atoms with E-state index in [1.165, 1.54) is 55.6 Å². The second kappa shape index (κ2) is 8.44. The number of benzene rings is 2. The zero-order chi connectivity index (χ0) is 19.5. The number of hydrogen-bond acceptors (Lipinski definition) is 2.